The number of hydrogen-bond donors (Lipinski definition) is 0. The van der Waals surface area contributed by atoms with Crippen LogP contribution in [0.5, 0.6) is 23.0 Å². The molecule has 6 aliphatic rings. The maximum Gasteiger partial charge on any atom is 0.265 e. The SMILES string of the molecule is Cc1cc(N2C(=O)c3ccc4c5c(ccc(c35)C2=O)C(=O)N(c2cc(C(C)(C)C)ccc2C(C)(C)C)C4=O)c(C)cc1N1C(=O)c2cccc3c(N4CCN(c5ccc(-c6c7c(cc8c6OC(C)(C)O8)OC(C)(C)O7)cc5)CC4)ccc(c23)C1=O. The summed E-state index contributed by atoms with van der Waals surface area (Å²) in [6, 6.07) is 35.0. The number of imide groups is 3. The van der Waals surface area contributed by atoms with Crippen LogP contribution in [0.2, 0.25) is 0 Å². The van der Waals surface area contributed by atoms with Crippen LogP contribution in [-0.2, 0) is 10.8 Å². The summed E-state index contributed by atoms with van der Waals surface area (Å²) in [5, 5.41) is 1.91. The van der Waals surface area contributed by atoms with Gasteiger partial charge in [0, 0.05) is 126 Å². The van der Waals surface area contributed by atoms with Crippen molar-refractivity contribution in [2.24, 2.45) is 0 Å². The van der Waals surface area contributed by atoms with Crippen molar-refractivity contribution in [1.82, 2.24) is 0 Å². The molecule has 14 rings (SSSR count). The summed E-state index contributed by atoms with van der Waals surface area (Å²) in [6.07, 6.45) is 0. The lowest BCUT2D eigenvalue weighted by Gasteiger charge is -2.38. The fourth-order valence-corrected chi connectivity index (χ4v) is 13.3. The van der Waals surface area contributed by atoms with E-state index in [1.165, 1.54) is 9.80 Å². The molecule has 0 saturated carbocycles. The molecular weight excluding hydrogens is 1070 g/mol. The van der Waals surface area contributed by atoms with Crippen molar-refractivity contribution in [1.29, 1.82) is 0 Å². The van der Waals surface area contributed by atoms with E-state index in [0.29, 0.717) is 75.1 Å². The number of fused-ring (bicyclic) bond motifs is 2. The number of nitrogens with zero attached hydrogens (tertiary/aromatic N) is 5. The van der Waals surface area contributed by atoms with Gasteiger partial charge in [-0.25, -0.2) is 14.7 Å². The second-order valence-electron chi connectivity index (χ2n) is 26.1. The van der Waals surface area contributed by atoms with Gasteiger partial charge in [0.05, 0.1) is 22.6 Å². The minimum absolute atomic E-state index is 0.162. The van der Waals surface area contributed by atoms with Gasteiger partial charge in [0.1, 0.15) is 0 Å². The largest absolute Gasteiger partial charge is 0.449 e. The van der Waals surface area contributed by atoms with Crippen LogP contribution in [0.25, 0.3) is 32.7 Å². The Balaban J connectivity index is 0.715. The number of carbonyl (C=O) groups is 6. The van der Waals surface area contributed by atoms with Gasteiger partial charge in [-0.3, -0.25) is 28.8 Å². The first-order valence-corrected chi connectivity index (χ1v) is 28.8. The van der Waals surface area contributed by atoms with Gasteiger partial charge in [-0.1, -0.05) is 77.9 Å². The highest BCUT2D eigenvalue weighted by molar-refractivity contribution is 6.43. The van der Waals surface area contributed by atoms with Gasteiger partial charge in [-0.15, -0.1) is 0 Å². The highest BCUT2D eigenvalue weighted by Crippen LogP contribution is 2.58. The van der Waals surface area contributed by atoms with Gasteiger partial charge >= 0.3 is 0 Å². The third kappa shape index (κ3) is 8.05. The molecule has 6 aliphatic heterocycles. The molecule has 6 amide bonds. The maximum atomic E-state index is 14.8. The zero-order valence-corrected chi connectivity index (χ0v) is 49.6. The van der Waals surface area contributed by atoms with Crippen molar-refractivity contribution in [2.45, 2.75) is 105 Å². The van der Waals surface area contributed by atoms with Crippen molar-refractivity contribution >= 4 is 85.4 Å². The number of carbonyl (C=O) groups excluding carboxylic acids is 6. The van der Waals surface area contributed by atoms with Crippen molar-refractivity contribution in [3.63, 3.8) is 0 Å². The molecule has 0 radical (unpaired) electrons. The van der Waals surface area contributed by atoms with E-state index < -0.39 is 52.4 Å². The van der Waals surface area contributed by atoms with Crippen LogP contribution in [0.1, 0.15) is 154 Å². The first kappa shape index (κ1) is 53.5. The Morgan fingerprint density at radius 1 is 0.412 bits per heavy atom. The van der Waals surface area contributed by atoms with Crippen molar-refractivity contribution in [3.05, 3.63) is 171 Å². The molecule has 85 heavy (non-hydrogen) atoms. The van der Waals surface area contributed by atoms with Gasteiger partial charge < -0.3 is 28.7 Å². The number of ether oxygens (including phenoxy) is 4. The van der Waals surface area contributed by atoms with Crippen LogP contribution in [-0.4, -0.2) is 73.2 Å². The van der Waals surface area contributed by atoms with E-state index in [-0.39, 0.29) is 44.1 Å². The summed E-state index contributed by atoms with van der Waals surface area (Å²) in [4.78, 5) is 96.9. The minimum atomic E-state index is -0.844. The Bertz CT molecular complexity index is 4270. The quantitative estimate of drug-likeness (QED) is 0.145. The zero-order valence-electron chi connectivity index (χ0n) is 49.6. The second-order valence-corrected chi connectivity index (χ2v) is 26.1. The molecule has 8 aromatic rings. The summed E-state index contributed by atoms with van der Waals surface area (Å²) < 4.78 is 24.9. The standard InChI is InChI=1S/C70H63N5O10/c1-36-33-51(74-63(78)44-21-23-46-58-47(24-22-45(57(44)58)64(74)79)66(81)75(65(46)80)52-34-39(67(3,4)5)18-26-48(52)68(6,7)8)37(2)32-50(36)73-61(76)42-15-13-14-41-49(27-25-43(56(41)42)62(73)77)72-30-28-71(29-31-72)40-19-16-38(17-20-40)55-59-53(82-69(9,10)84-59)35-54-60(55)85-70(11,12)83-54/h13-27,32-35H,28-31H2,1-12H3. The highest BCUT2D eigenvalue weighted by atomic mass is 16.7. The molecule has 0 bridgehead atoms. The molecule has 0 N–H and O–H groups in total. The Morgan fingerprint density at radius 3 is 1.32 bits per heavy atom. The van der Waals surface area contributed by atoms with Gasteiger partial charge in [0.2, 0.25) is 11.6 Å². The highest BCUT2D eigenvalue weighted by Gasteiger charge is 2.45. The molecule has 0 aliphatic carbocycles. The number of hydrogen-bond acceptors (Lipinski definition) is 12. The Labute approximate surface area is 492 Å². The molecule has 0 spiro atoms. The van der Waals surface area contributed by atoms with Gasteiger partial charge in [0.25, 0.3) is 35.4 Å². The van der Waals surface area contributed by atoms with Crippen LogP contribution in [0, 0.1) is 13.8 Å². The van der Waals surface area contributed by atoms with Crippen LogP contribution >= 0.6 is 0 Å². The average Bonchev–Trinajstić information content (AvgIpc) is 1.32. The lowest BCUT2D eigenvalue weighted by atomic mass is 9.80. The molecular formula is C70H63N5O10. The van der Waals surface area contributed by atoms with Crippen molar-refractivity contribution in [3.8, 4) is 34.1 Å². The fourth-order valence-electron chi connectivity index (χ4n) is 13.3. The molecule has 8 aromatic carbocycles. The van der Waals surface area contributed by atoms with Crippen molar-refractivity contribution < 1.29 is 47.7 Å². The first-order chi connectivity index (χ1) is 40.2. The molecule has 15 nitrogen and oxygen atoms in total. The molecule has 1 fully saturated rings. The first-order valence-electron chi connectivity index (χ1n) is 28.8. The van der Waals surface area contributed by atoms with E-state index in [0.717, 1.165) is 57.0 Å². The minimum Gasteiger partial charge on any atom is -0.449 e. The summed E-state index contributed by atoms with van der Waals surface area (Å²) >= 11 is 0. The summed E-state index contributed by atoms with van der Waals surface area (Å²) in [7, 11) is 0. The normalized spacial score (nSPS) is 17.6. The monoisotopic (exact) mass is 1130 g/mol. The van der Waals surface area contributed by atoms with Gasteiger partial charge in [-0.05, 0) is 125 Å². The van der Waals surface area contributed by atoms with Crippen LogP contribution < -0.4 is 43.4 Å². The predicted octanol–water partition coefficient (Wildman–Crippen LogP) is 13.6. The lowest BCUT2D eigenvalue weighted by Crippen LogP contribution is -2.46. The van der Waals surface area contributed by atoms with Crippen molar-refractivity contribution in [2.75, 3.05) is 50.7 Å². The summed E-state index contributed by atoms with van der Waals surface area (Å²) in [5.41, 5.74) is 8.33. The number of benzene rings is 8. The Morgan fingerprint density at radius 2 is 0.847 bits per heavy atom. The smallest absolute Gasteiger partial charge is 0.265 e. The second kappa shape index (κ2) is 18.0. The Hall–Kier alpha value is -9.50. The summed E-state index contributed by atoms with van der Waals surface area (Å²) in [6.45, 7) is 26.1. The predicted molar refractivity (Wildman–Crippen MR) is 328 cm³/mol. The van der Waals surface area contributed by atoms with Crippen LogP contribution in [0.15, 0.2) is 115 Å². The number of piperazine rings is 1. The van der Waals surface area contributed by atoms with E-state index in [1.54, 1.807) is 62.4 Å². The fraction of sp³-hybridized carbons (Fsp3) is 0.286. The number of aryl methyl sites for hydroxylation is 2. The van der Waals surface area contributed by atoms with E-state index in [2.05, 4.69) is 54.8 Å². The number of anilines is 5. The molecule has 1 saturated heterocycles. The third-order valence-corrected chi connectivity index (χ3v) is 17.4. The lowest BCUT2D eigenvalue weighted by molar-refractivity contribution is -0.0477. The number of amides is 6. The molecule has 0 unspecified atom stereocenters. The maximum absolute atomic E-state index is 14.8. The van der Waals surface area contributed by atoms with Gasteiger partial charge in [0.15, 0.2) is 23.0 Å². The van der Waals surface area contributed by atoms with E-state index in [1.807, 2.05) is 90.9 Å². The number of rotatable bonds is 6. The van der Waals surface area contributed by atoms with E-state index in [4.69, 9.17) is 18.9 Å². The Kier molecular flexibility index (Phi) is 11.3. The van der Waals surface area contributed by atoms with Crippen LogP contribution in [0.3, 0.4) is 0 Å². The zero-order chi connectivity index (χ0) is 59.9. The topological polar surface area (TPSA) is 156 Å². The summed E-state index contributed by atoms with van der Waals surface area (Å²) in [5.74, 6) is -2.57. The third-order valence-electron chi connectivity index (χ3n) is 17.4. The molecule has 6 heterocycles. The van der Waals surface area contributed by atoms with Crippen LogP contribution in [0.4, 0.5) is 28.4 Å². The molecule has 15 heteroatoms. The molecule has 428 valence electrons. The van der Waals surface area contributed by atoms with Gasteiger partial charge in [-0.2, -0.15) is 0 Å². The van der Waals surface area contributed by atoms with E-state index >= 15 is 0 Å². The molecule has 0 aromatic heterocycles. The van der Waals surface area contributed by atoms with E-state index in [9.17, 15) is 28.8 Å². The average molecular weight is 1130 g/mol. The molecule has 0 atom stereocenters.